The highest BCUT2D eigenvalue weighted by Crippen LogP contribution is 2.21. The molecular formula is C17H18ClNO. The monoisotopic (exact) mass is 287 g/mol. The third-order valence-corrected chi connectivity index (χ3v) is 3.77. The van der Waals surface area contributed by atoms with Crippen molar-refractivity contribution in [2.24, 2.45) is 11.7 Å². The summed E-state index contributed by atoms with van der Waals surface area (Å²) in [6, 6.07) is 16.8. The van der Waals surface area contributed by atoms with Gasteiger partial charge in [-0.2, -0.15) is 0 Å². The third-order valence-electron chi connectivity index (χ3n) is 3.52. The predicted molar refractivity (Wildman–Crippen MR) is 82.7 cm³/mol. The maximum atomic E-state index is 12.3. The van der Waals surface area contributed by atoms with Gasteiger partial charge in [0.15, 0.2) is 0 Å². The van der Waals surface area contributed by atoms with Crippen LogP contribution >= 0.6 is 11.6 Å². The molecule has 0 spiro atoms. The standard InChI is InChI=1S/C17H18ClNO/c1-12(17(19)14-5-3-2-4-6-14)16(20)11-13-7-9-15(18)10-8-13/h2-10,12,17H,11,19H2,1H3. The summed E-state index contributed by atoms with van der Waals surface area (Å²) in [5, 5.41) is 0.676. The summed E-state index contributed by atoms with van der Waals surface area (Å²) >= 11 is 5.84. The van der Waals surface area contributed by atoms with Gasteiger partial charge >= 0.3 is 0 Å². The fourth-order valence-corrected chi connectivity index (χ4v) is 2.25. The summed E-state index contributed by atoms with van der Waals surface area (Å²) in [6.07, 6.45) is 0.388. The smallest absolute Gasteiger partial charge is 0.141 e. The van der Waals surface area contributed by atoms with Crippen molar-refractivity contribution >= 4 is 17.4 Å². The number of rotatable bonds is 5. The van der Waals surface area contributed by atoms with Crippen LogP contribution in [0.5, 0.6) is 0 Å². The molecule has 20 heavy (non-hydrogen) atoms. The molecular weight excluding hydrogens is 270 g/mol. The predicted octanol–water partition coefficient (Wildman–Crippen LogP) is 3.79. The highest BCUT2D eigenvalue weighted by Gasteiger charge is 2.21. The maximum Gasteiger partial charge on any atom is 0.141 e. The molecule has 0 heterocycles. The number of hydrogen-bond acceptors (Lipinski definition) is 2. The molecule has 2 rings (SSSR count). The highest BCUT2D eigenvalue weighted by molar-refractivity contribution is 6.30. The summed E-state index contributed by atoms with van der Waals surface area (Å²) in [6.45, 7) is 1.88. The molecule has 0 radical (unpaired) electrons. The summed E-state index contributed by atoms with van der Waals surface area (Å²) in [5.74, 6) is -0.0725. The third kappa shape index (κ3) is 3.69. The van der Waals surface area contributed by atoms with Gasteiger partial charge in [0.05, 0.1) is 0 Å². The lowest BCUT2D eigenvalue weighted by atomic mass is 9.89. The Balaban J connectivity index is 2.03. The van der Waals surface area contributed by atoms with E-state index < -0.39 is 0 Å². The number of ketones is 1. The van der Waals surface area contributed by atoms with E-state index in [0.29, 0.717) is 11.4 Å². The van der Waals surface area contributed by atoms with Gasteiger partial charge in [-0.05, 0) is 23.3 Å². The highest BCUT2D eigenvalue weighted by atomic mass is 35.5. The summed E-state index contributed by atoms with van der Waals surface area (Å²) in [5.41, 5.74) is 8.13. The normalized spacial score (nSPS) is 13.8. The fourth-order valence-electron chi connectivity index (χ4n) is 2.13. The van der Waals surface area contributed by atoms with E-state index in [-0.39, 0.29) is 17.7 Å². The van der Waals surface area contributed by atoms with Gasteiger partial charge in [0, 0.05) is 23.4 Å². The Morgan fingerprint density at radius 3 is 2.30 bits per heavy atom. The lowest BCUT2D eigenvalue weighted by molar-refractivity contribution is -0.122. The van der Waals surface area contributed by atoms with Crippen LogP contribution in [0.1, 0.15) is 24.1 Å². The zero-order chi connectivity index (χ0) is 14.5. The number of halogens is 1. The van der Waals surface area contributed by atoms with Gasteiger partial charge in [0.25, 0.3) is 0 Å². The second-order valence-electron chi connectivity index (χ2n) is 4.99. The van der Waals surface area contributed by atoms with Crippen LogP contribution in [0.15, 0.2) is 54.6 Å². The first-order valence-corrected chi connectivity index (χ1v) is 7.03. The quantitative estimate of drug-likeness (QED) is 0.909. The van der Waals surface area contributed by atoms with Crippen molar-refractivity contribution in [3.63, 3.8) is 0 Å². The Bertz CT molecular complexity index is 565. The van der Waals surface area contributed by atoms with Gasteiger partial charge in [-0.1, -0.05) is 61.0 Å². The van der Waals surface area contributed by atoms with Crippen LogP contribution < -0.4 is 5.73 Å². The molecule has 2 aromatic rings. The van der Waals surface area contributed by atoms with E-state index in [0.717, 1.165) is 11.1 Å². The number of Topliss-reactive ketones (excluding diaryl/α,β-unsaturated/α-hetero) is 1. The molecule has 2 N–H and O–H groups in total. The summed E-state index contributed by atoms with van der Waals surface area (Å²) in [4.78, 5) is 12.3. The molecule has 0 aliphatic rings. The number of carbonyl (C=O) groups excluding carboxylic acids is 1. The Labute approximate surface area is 124 Å². The lowest BCUT2D eigenvalue weighted by Gasteiger charge is -2.19. The van der Waals surface area contributed by atoms with E-state index >= 15 is 0 Å². The van der Waals surface area contributed by atoms with Gasteiger partial charge in [-0.15, -0.1) is 0 Å². The Hall–Kier alpha value is -1.64. The van der Waals surface area contributed by atoms with Crippen molar-refractivity contribution < 1.29 is 4.79 Å². The molecule has 2 unspecified atom stereocenters. The minimum Gasteiger partial charge on any atom is -0.323 e. The Morgan fingerprint density at radius 2 is 1.70 bits per heavy atom. The van der Waals surface area contributed by atoms with Crippen LogP contribution in [0, 0.1) is 5.92 Å². The van der Waals surface area contributed by atoms with Gasteiger partial charge in [-0.3, -0.25) is 4.79 Å². The molecule has 104 valence electrons. The van der Waals surface area contributed by atoms with Crippen LogP contribution in [-0.2, 0) is 11.2 Å². The van der Waals surface area contributed by atoms with E-state index in [4.69, 9.17) is 17.3 Å². The van der Waals surface area contributed by atoms with Crippen LogP contribution in [-0.4, -0.2) is 5.78 Å². The maximum absolute atomic E-state index is 12.3. The van der Waals surface area contributed by atoms with Crippen molar-refractivity contribution in [2.75, 3.05) is 0 Å². The Morgan fingerprint density at radius 1 is 1.10 bits per heavy atom. The average Bonchev–Trinajstić information content (AvgIpc) is 2.49. The number of carbonyl (C=O) groups is 1. The average molecular weight is 288 g/mol. The molecule has 0 amide bonds. The van der Waals surface area contributed by atoms with E-state index in [9.17, 15) is 4.79 Å². The van der Waals surface area contributed by atoms with E-state index in [1.807, 2.05) is 49.4 Å². The molecule has 0 aliphatic carbocycles. The first-order chi connectivity index (χ1) is 9.58. The van der Waals surface area contributed by atoms with Crippen LogP contribution in [0.4, 0.5) is 0 Å². The Kier molecular flexibility index (Phi) is 4.94. The fraction of sp³-hybridized carbons (Fsp3) is 0.235. The largest absolute Gasteiger partial charge is 0.323 e. The number of hydrogen-bond donors (Lipinski definition) is 1. The minimum absolute atomic E-state index is 0.142. The second kappa shape index (κ2) is 6.69. The van der Waals surface area contributed by atoms with Crippen LogP contribution in [0.25, 0.3) is 0 Å². The van der Waals surface area contributed by atoms with Crippen molar-refractivity contribution in [1.29, 1.82) is 0 Å². The molecule has 2 aromatic carbocycles. The van der Waals surface area contributed by atoms with Gasteiger partial charge < -0.3 is 5.73 Å². The molecule has 0 bridgehead atoms. The van der Waals surface area contributed by atoms with Crippen LogP contribution in [0.2, 0.25) is 5.02 Å². The van der Waals surface area contributed by atoms with Crippen molar-refractivity contribution in [2.45, 2.75) is 19.4 Å². The zero-order valence-corrected chi connectivity index (χ0v) is 12.2. The molecule has 3 heteroatoms. The van der Waals surface area contributed by atoms with E-state index in [1.165, 1.54) is 0 Å². The zero-order valence-electron chi connectivity index (χ0n) is 11.4. The van der Waals surface area contributed by atoms with E-state index in [1.54, 1.807) is 12.1 Å². The first-order valence-electron chi connectivity index (χ1n) is 6.65. The molecule has 0 fully saturated rings. The molecule has 2 nitrogen and oxygen atoms in total. The summed E-state index contributed by atoms with van der Waals surface area (Å²) < 4.78 is 0. The van der Waals surface area contributed by atoms with E-state index in [2.05, 4.69) is 0 Å². The second-order valence-corrected chi connectivity index (χ2v) is 5.43. The molecule has 0 aliphatic heterocycles. The first kappa shape index (κ1) is 14.8. The van der Waals surface area contributed by atoms with Crippen molar-refractivity contribution in [3.8, 4) is 0 Å². The van der Waals surface area contributed by atoms with Crippen LogP contribution in [0.3, 0.4) is 0 Å². The molecule has 0 saturated carbocycles. The van der Waals surface area contributed by atoms with Gasteiger partial charge in [0.1, 0.15) is 5.78 Å². The lowest BCUT2D eigenvalue weighted by Crippen LogP contribution is -2.27. The SMILES string of the molecule is CC(C(=O)Cc1ccc(Cl)cc1)C(N)c1ccccc1. The van der Waals surface area contributed by atoms with Crippen molar-refractivity contribution in [1.82, 2.24) is 0 Å². The molecule has 0 aromatic heterocycles. The molecule has 0 saturated heterocycles. The number of benzene rings is 2. The van der Waals surface area contributed by atoms with Gasteiger partial charge in [-0.25, -0.2) is 0 Å². The molecule has 2 atom stereocenters. The van der Waals surface area contributed by atoms with Crippen molar-refractivity contribution in [3.05, 3.63) is 70.7 Å². The van der Waals surface area contributed by atoms with Gasteiger partial charge in [0.2, 0.25) is 0 Å². The topological polar surface area (TPSA) is 43.1 Å². The summed E-state index contributed by atoms with van der Waals surface area (Å²) in [7, 11) is 0. The minimum atomic E-state index is -0.268. The number of nitrogens with two attached hydrogens (primary N) is 1.